The molecule has 19 heavy (non-hydrogen) atoms. The van der Waals surface area contributed by atoms with Crippen LogP contribution in [0.3, 0.4) is 0 Å². The molecule has 1 N–H and O–H groups in total. The van der Waals surface area contributed by atoms with E-state index in [-0.39, 0.29) is 17.5 Å². The molecule has 1 aliphatic heterocycles. The fourth-order valence-corrected chi connectivity index (χ4v) is 2.24. The molecule has 6 heteroatoms. The van der Waals surface area contributed by atoms with Gasteiger partial charge in [0, 0.05) is 18.5 Å². The second-order valence-corrected chi connectivity index (χ2v) is 5.12. The topological polar surface area (TPSA) is 83.6 Å². The molecule has 1 saturated heterocycles. The molecule has 104 valence electrons. The van der Waals surface area contributed by atoms with Crippen molar-refractivity contribution >= 4 is 11.9 Å². The maximum Gasteiger partial charge on any atom is 0.326 e. The maximum absolute atomic E-state index is 12.3. The Morgan fingerprint density at radius 3 is 2.79 bits per heavy atom. The number of likely N-dealkylation sites (tertiary alicyclic amines) is 1. The van der Waals surface area contributed by atoms with Crippen LogP contribution in [0, 0.1) is 0 Å². The van der Waals surface area contributed by atoms with Crippen molar-refractivity contribution in [2.24, 2.45) is 0 Å². The van der Waals surface area contributed by atoms with Crippen molar-refractivity contribution in [2.75, 3.05) is 6.54 Å². The van der Waals surface area contributed by atoms with E-state index in [9.17, 15) is 9.59 Å². The number of amides is 1. The fraction of sp³-hybridized carbons (Fsp3) is 0.615. The van der Waals surface area contributed by atoms with Crippen molar-refractivity contribution in [3.8, 4) is 0 Å². The molecule has 0 saturated carbocycles. The van der Waals surface area contributed by atoms with E-state index in [0.29, 0.717) is 18.7 Å². The van der Waals surface area contributed by atoms with Crippen LogP contribution in [-0.4, -0.2) is 39.6 Å². The Balaban J connectivity index is 2.18. The molecule has 6 nitrogen and oxygen atoms in total. The quantitative estimate of drug-likeness (QED) is 0.903. The van der Waals surface area contributed by atoms with Crippen molar-refractivity contribution in [1.29, 1.82) is 0 Å². The van der Waals surface area contributed by atoms with E-state index in [2.05, 4.69) is 5.16 Å². The first-order chi connectivity index (χ1) is 9.00. The zero-order chi connectivity index (χ0) is 14.0. The lowest BCUT2D eigenvalue weighted by atomic mass is 10.0. The highest BCUT2D eigenvalue weighted by Crippen LogP contribution is 2.21. The molecule has 0 radical (unpaired) electrons. The van der Waals surface area contributed by atoms with E-state index in [0.717, 1.165) is 12.8 Å². The van der Waals surface area contributed by atoms with Crippen LogP contribution in [0.4, 0.5) is 0 Å². The molecule has 2 rings (SSSR count). The molecule has 2 heterocycles. The van der Waals surface area contributed by atoms with Gasteiger partial charge in [0.25, 0.3) is 5.91 Å². The van der Waals surface area contributed by atoms with Crippen LogP contribution in [-0.2, 0) is 4.79 Å². The van der Waals surface area contributed by atoms with Gasteiger partial charge in [0.05, 0.1) is 0 Å². The number of aromatic nitrogens is 1. The van der Waals surface area contributed by atoms with Crippen LogP contribution in [0.2, 0.25) is 0 Å². The molecular weight excluding hydrogens is 248 g/mol. The highest BCUT2D eigenvalue weighted by Gasteiger charge is 2.33. The number of piperidine rings is 1. The van der Waals surface area contributed by atoms with E-state index >= 15 is 0 Å². The standard InChI is InChI=1S/C13H18N2O4/c1-8(2)11-7-9(14-19-11)12(16)15-6-4-3-5-10(15)13(17)18/h7-8,10H,3-6H2,1-2H3,(H,17,18). The molecule has 0 spiro atoms. The van der Waals surface area contributed by atoms with E-state index in [4.69, 9.17) is 9.63 Å². The number of carbonyl (C=O) groups excluding carboxylic acids is 1. The molecule has 1 atom stereocenters. The smallest absolute Gasteiger partial charge is 0.326 e. The SMILES string of the molecule is CC(C)c1cc(C(=O)N2CCCCC2C(=O)O)no1. The summed E-state index contributed by atoms with van der Waals surface area (Å²) < 4.78 is 5.09. The number of carbonyl (C=O) groups is 2. The average Bonchev–Trinajstić information content (AvgIpc) is 2.87. The minimum atomic E-state index is -0.958. The van der Waals surface area contributed by atoms with Gasteiger partial charge in [-0.15, -0.1) is 0 Å². The second kappa shape index (κ2) is 5.42. The summed E-state index contributed by atoms with van der Waals surface area (Å²) in [6.07, 6.45) is 2.15. The molecule has 1 aliphatic rings. The van der Waals surface area contributed by atoms with Crippen molar-refractivity contribution in [1.82, 2.24) is 10.1 Å². The normalized spacial score (nSPS) is 19.7. The van der Waals surface area contributed by atoms with Gasteiger partial charge >= 0.3 is 5.97 Å². The predicted octanol–water partition coefficient (Wildman–Crippen LogP) is 1.88. The molecular formula is C13H18N2O4. The molecule has 1 unspecified atom stereocenters. The highest BCUT2D eigenvalue weighted by atomic mass is 16.5. The first kappa shape index (κ1) is 13.6. The van der Waals surface area contributed by atoms with Crippen LogP contribution in [0.1, 0.15) is 55.3 Å². The lowest BCUT2D eigenvalue weighted by Gasteiger charge is -2.32. The summed E-state index contributed by atoms with van der Waals surface area (Å²) in [6.45, 7) is 4.34. The highest BCUT2D eigenvalue weighted by molar-refractivity contribution is 5.95. The molecule has 0 aromatic carbocycles. The van der Waals surface area contributed by atoms with Gasteiger partial charge < -0.3 is 14.5 Å². The molecule has 1 aromatic rings. The number of rotatable bonds is 3. The molecule has 0 bridgehead atoms. The first-order valence-corrected chi connectivity index (χ1v) is 6.51. The Bertz CT molecular complexity index is 481. The monoisotopic (exact) mass is 266 g/mol. The number of hydrogen-bond donors (Lipinski definition) is 1. The summed E-state index contributed by atoms with van der Waals surface area (Å²) in [4.78, 5) is 24.8. The number of carboxylic acid groups (broad SMARTS) is 1. The number of carboxylic acids is 1. The van der Waals surface area contributed by atoms with Gasteiger partial charge in [-0.3, -0.25) is 4.79 Å². The van der Waals surface area contributed by atoms with Crippen LogP contribution in [0.15, 0.2) is 10.6 Å². The third kappa shape index (κ3) is 2.77. The average molecular weight is 266 g/mol. The van der Waals surface area contributed by atoms with Crippen molar-refractivity contribution in [3.63, 3.8) is 0 Å². The summed E-state index contributed by atoms with van der Waals surface area (Å²) in [6, 6.07) is 0.848. The van der Waals surface area contributed by atoms with Gasteiger partial charge in [-0.05, 0) is 19.3 Å². The Morgan fingerprint density at radius 2 is 2.21 bits per heavy atom. The Kier molecular flexibility index (Phi) is 3.87. The largest absolute Gasteiger partial charge is 0.480 e. The zero-order valence-corrected chi connectivity index (χ0v) is 11.1. The van der Waals surface area contributed by atoms with Gasteiger partial charge in [0.15, 0.2) is 5.69 Å². The van der Waals surface area contributed by atoms with Crippen LogP contribution < -0.4 is 0 Å². The second-order valence-electron chi connectivity index (χ2n) is 5.12. The minimum absolute atomic E-state index is 0.144. The van der Waals surface area contributed by atoms with Crippen molar-refractivity contribution < 1.29 is 19.2 Å². The molecule has 1 aromatic heterocycles. The Hall–Kier alpha value is -1.85. The van der Waals surface area contributed by atoms with Gasteiger partial charge in [0.1, 0.15) is 11.8 Å². The summed E-state index contributed by atoms with van der Waals surface area (Å²) in [7, 11) is 0. The molecule has 0 aliphatic carbocycles. The van der Waals surface area contributed by atoms with E-state index < -0.39 is 12.0 Å². The van der Waals surface area contributed by atoms with E-state index in [1.165, 1.54) is 4.90 Å². The lowest BCUT2D eigenvalue weighted by molar-refractivity contribution is -0.143. The summed E-state index contributed by atoms with van der Waals surface area (Å²) >= 11 is 0. The zero-order valence-electron chi connectivity index (χ0n) is 11.1. The first-order valence-electron chi connectivity index (χ1n) is 6.51. The number of hydrogen-bond acceptors (Lipinski definition) is 4. The van der Waals surface area contributed by atoms with Gasteiger partial charge in [-0.1, -0.05) is 19.0 Å². The van der Waals surface area contributed by atoms with Gasteiger partial charge in [0.2, 0.25) is 0 Å². The van der Waals surface area contributed by atoms with E-state index in [1.807, 2.05) is 13.8 Å². The van der Waals surface area contributed by atoms with Crippen LogP contribution >= 0.6 is 0 Å². The van der Waals surface area contributed by atoms with Gasteiger partial charge in [-0.2, -0.15) is 0 Å². The molecule has 1 fully saturated rings. The minimum Gasteiger partial charge on any atom is -0.480 e. The number of aliphatic carboxylic acids is 1. The summed E-state index contributed by atoms with van der Waals surface area (Å²) in [5.74, 6) is -0.540. The fourth-order valence-electron chi connectivity index (χ4n) is 2.24. The Morgan fingerprint density at radius 1 is 1.47 bits per heavy atom. The van der Waals surface area contributed by atoms with Crippen molar-refractivity contribution in [3.05, 3.63) is 17.5 Å². The number of nitrogens with zero attached hydrogens (tertiary/aromatic N) is 2. The van der Waals surface area contributed by atoms with Crippen molar-refractivity contribution in [2.45, 2.75) is 45.1 Å². The van der Waals surface area contributed by atoms with Gasteiger partial charge in [-0.25, -0.2) is 4.79 Å². The third-order valence-electron chi connectivity index (χ3n) is 3.37. The van der Waals surface area contributed by atoms with E-state index in [1.54, 1.807) is 6.07 Å². The van der Waals surface area contributed by atoms with Crippen LogP contribution in [0.25, 0.3) is 0 Å². The predicted molar refractivity (Wildman–Crippen MR) is 66.9 cm³/mol. The van der Waals surface area contributed by atoms with Crippen LogP contribution in [0.5, 0.6) is 0 Å². The third-order valence-corrected chi connectivity index (χ3v) is 3.37. The molecule has 1 amide bonds. The maximum atomic E-state index is 12.3. The summed E-state index contributed by atoms with van der Waals surface area (Å²) in [5, 5.41) is 12.9. The Labute approximate surface area is 111 Å². The lowest BCUT2D eigenvalue weighted by Crippen LogP contribution is -2.48. The summed E-state index contributed by atoms with van der Waals surface area (Å²) in [5.41, 5.74) is 0.192.